The van der Waals surface area contributed by atoms with E-state index in [1.165, 1.54) is 19.3 Å². The van der Waals surface area contributed by atoms with Gasteiger partial charge < -0.3 is 10.5 Å². The number of anilines is 1. The van der Waals surface area contributed by atoms with Crippen LogP contribution in [0.25, 0.3) is 0 Å². The Kier molecular flexibility index (Phi) is 2.61. The molecule has 78 valence electrons. The van der Waals surface area contributed by atoms with E-state index in [0.717, 1.165) is 18.9 Å². The van der Waals surface area contributed by atoms with Gasteiger partial charge in [0, 0.05) is 7.05 Å². The maximum atomic E-state index is 5.70. The lowest BCUT2D eigenvalue weighted by Gasteiger charge is -2.24. The summed E-state index contributed by atoms with van der Waals surface area (Å²) in [6, 6.07) is 0. The van der Waals surface area contributed by atoms with Gasteiger partial charge in [-0.2, -0.15) is 0 Å². The Labute approximate surface area is 84.0 Å². The summed E-state index contributed by atoms with van der Waals surface area (Å²) < 4.78 is 7.18. The third-order valence-electron chi connectivity index (χ3n) is 2.81. The summed E-state index contributed by atoms with van der Waals surface area (Å²) in [6.07, 6.45) is 7.01. The van der Waals surface area contributed by atoms with Crippen molar-refractivity contribution in [2.24, 2.45) is 13.0 Å². The van der Waals surface area contributed by atoms with Gasteiger partial charge in [-0.3, -0.25) is 4.68 Å². The summed E-state index contributed by atoms with van der Waals surface area (Å²) in [5, 5.41) is 4.12. The molecule has 4 nitrogen and oxygen atoms in total. The van der Waals surface area contributed by atoms with Gasteiger partial charge in [-0.15, -0.1) is 5.10 Å². The van der Waals surface area contributed by atoms with E-state index in [2.05, 4.69) is 5.10 Å². The fraction of sp³-hybridized carbons (Fsp3) is 0.700. The molecule has 0 radical (unpaired) electrons. The fourth-order valence-corrected chi connectivity index (χ4v) is 1.70. The highest BCUT2D eigenvalue weighted by atomic mass is 16.5. The Bertz CT molecular complexity index is 304. The Hall–Kier alpha value is -1.19. The predicted octanol–water partition coefficient (Wildman–Crippen LogP) is 1.57. The minimum absolute atomic E-state index is 0.576. The first-order chi connectivity index (χ1) is 6.75. The molecule has 0 aromatic carbocycles. The van der Waals surface area contributed by atoms with Crippen molar-refractivity contribution in [2.75, 3.05) is 12.3 Å². The molecule has 2 N–H and O–H groups in total. The van der Waals surface area contributed by atoms with Crippen molar-refractivity contribution in [3.8, 4) is 5.88 Å². The molecule has 4 heteroatoms. The van der Waals surface area contributed by atoms with E-state index in [0.29, 0.717) is 11.6 Å². The molecule has 1 aliphatic carbocycles. The van der Waals surface area contributed by atoms with E-state index in [-0.39, 0.29) is 0 Å². The molecule has 1 aromatic rings. The van der Waals surface area contributed by atoms with Gasteiger partial charge in [0.15, 0.2) is 0 Å². The van der Waals surface area contributed by atoms with Crippen molar-refractivity contribution < 1.29 is 4.74 Å². The van der Waals surface area contributed by atoms with Gasteiger partial charge in [-0.25, -0.2) is 0 Å². The van der Waals surface area contributed by atoms with Crippen molar-refractivity contribution in [1.82, 2.24) is 9.78 Å². The van der Waals surface area contributed by atoms with E-state index < -0.39 is 0 Å². The van der Waals surface area contributed by atoms with E-state index in [9.17, 15) is 0 Å². The number of hydrogen-bond acceptors (Lipinski definition) is 3. The van der Waals surface area contributed by atoms with Gasteiger partial charge in [0.1, 0.15) is 5.69 Å². The van der Waals surface area contributed by atoms with Crippen LogP contribution in [-0.2, 0) is 7.05 Å². The molecule has 14 heavy (non-hydrogen) atoms. The van der Waals surface area contributed by atoms with Gasteiger partial charge in [0.2, 0.25) is 0 Å². The van der Waals surface area contributed by atoms with Crippen molar-refractivity contribution in [1.29, 1.82) is 0 Å². The fourth-order valence-electron chi connectivity index (χ4n) is 1.70. The van der Waals surface area contributed by atoms with Gasteiger partial charge in [-0.05, 0) is 12.3 Å². The maximum absolute atomic E-state index is 5.70. The van der Waals surface area contributed by atoms with Crippen LogP contribution in [0.5, 0.6) is 5.88 Å². The van der Waals surface area contributed by atoms with Crippen LogP contribution in [-0.4, -0.2) is 16.4 Å². The van der Waals surface area contributed by atoms with Crippen LogP contribution in [0.1, 0.15) is 25.7 Å². The molecule has 2 rings (SSSR count). The highest BCUT2D eigenvalue weighted by molar-refractivity contribution is 5.45. The summed E-state index contributed by atoms with van der Waals surface area (Å²) in [5.41, 5.74) is 6.32. The third-order valence-corrected chi connectivity index (χ3v) is 2.81. The SMILES string of the molecule is Cn1cc(N)c(OCCC2CCC2)n1. The normalized spacial score (nSPS) is 16.6. The minimum atomic E-state index is 0.576. The lowest BCUT2D eigenvalue weighted by atomic mass is 9.83. The smallest absolute Gasteiger partial charge is 0.256 e. The van der Waals surface area contributed by atoms with Crippen LogP contribution >= 0.6 is 0 Å². The molecule has 0 spiro atoms. The quantitative estimate of drug-likeness (QED) is 0.793. The molecular formula is C10H17N3O. The first-order valence-corrected chi connectivity index (χ1v) is 5.17. The number of ether oxygens (including phenoxy) is 1. The van der Waals surface area contributed by atoms with E-state index in [1.807, 2.05) is 7.05 Å². The molecule has 0 bridgehead atoms. The van der Waals surface area contributed by atoms with Gasteiger partial charge >= 0.3 is 0 Å². The zero-order valence-corrected chi connectivity index (χ0v) is 8.57. The number of nitrogens with zero attached hydrogens (tertiary/aromatic N) is 2. The number of nitrogen functional groups attached to an aromatic ring is 1. The average Bonchev–Trinajstić information content (AvgIpc) is 2.36. The molecule has 1 heterocycles. The summed E-state index contributed by atoms with van der Waals surface area (Å²) >= 11 is 0. The Balaban J connectivity index is 1.76. The topological polar surface area (TPSA) is 53.1 Å². The molecule has 0 amide bonds. The first kappa shape index (κ1) is 9.37. The average molecular weight is 195 g/mol. The number of rotatable bonds is 4. The summed E-state index contributed by atoms with van der Waals surface area (Å²) in [4.78, 5) is 0. The number of hydrogen-bond donors (Lipinski definition) is 1. The Morgan fingerprint density at radius 3 is 2.93 bits per heavy atom. The standard InChI is InChI=1S/C10H17N3O/c1-13-7-9(11)10(12-13)14-6-5-8-3-2-4-8/h7-8H,2-6,11H2,1H3. The molecule has 0 unspecified atom stereocenters. The monoisotopic (exact) mass is 195 g/mol. The summed E-state index contributed by atoms with van der Waals surface area (Å²) in [6.45, 7) is 0.742. The van der Waals surface area contributed by atoms with Crippen LogP contribution in [0.2, 0.25) is 0 Å². The summed E-state index contributed by atoms with van der Waals surface area (Å²) in [5.74, 6) is 1.45. The highest BCUT2D eigenvalue weighted by Crippen LogP contribution is 2.29. The molecule has 1 saturated carbocycles. The second-order valence-electron chi connectivity index (χ2n) is 4.00. The van der Waals surface area contributed by atoms with Crippen molar-refractivity contribution in [2.45, 2.75) is 25.7 Å². The number of aryl methyl sites for hydroxylation is 1. The van der Waals surface area contributed by atoms with Crippen molar-refractivity contribution >= 4 is 5.69 Å². The minimum Gasteiger partial charge on any atom is -0.475 e. The molecule has 0 atom stereocenters. The number of aromatic nitrogens is 2. The molecule has 1 fully saturated rings. The Morgan fingerprint density at radius 2 is 2.43 bits per heavy atom. The van der Waals surface area contributed by atoms with Crippen LogP contribution in [0.4, 0.5) is 5.69 Å². The lowest BCUT2D eigenvalue weighted by molar-refractivity contribution is 0.217. The third kappa shape index (κ3) is 2.00. The zero-order valence-electron chi connectivity index (χ0n) is 8.57. The summed E-state index contributed by atoms with van der Waals surface area (Å²) in [7, 11) is 1.84. The van der Waals surface area contributed by atoms with E-state index >= 15 is 0 Å². The Morgan fingerprint density at radius 1 is 1.64 bits per heavy atom. The number of nitrogens with two attached hydrogens (primary N) is 1. The molecule has 0 aliphatic heterocycles. The van der Waals surface area contributed by atoms with Crippen LogP contribution in [0.15, 0.2) is 6.20 Å². The van der Waals surface area contributed by atoms with Crippen LogP contribution in [0, 0.1) is 5.92 Å². The van der Waals surface area contributed by atoms with Crippen LogP contribution in [0.3, 0.4) is 0 Å². The molecule has 1 aromatic heterocycles. The van der Waals surface area contributed by atoms with E-state index in [1.54, 1.807) is 10.9 Å². The molecular weight excluding hydrogens is 178 g/mol. The van der Waals surface area contributed by atoms with Gasteiger partial charge in [0.25, 0.3) is 5.88 Å². The van der Waals surface area contributed by atoms with E-state index in [4.69, 9.17) is 10.5 Å². The zero-order chi connectivity index (χ0) is 9.97. The van der Waals surface area contributed by atoms with Gasteiger partial charge in [0.05, 0.1) is 12.8 Å². The first-order valence-electron chi connectivity index (χ1n) is 5.17. The van der Waals surface area contributed by atoms with Crippen LogP contribution < -0.4 is 10.5 Å². The largest absolute Gasteiger partial charge is 0.475 e. The maximum Gasteiger partial charge on any atom is 0.256 e. The molecule has 0 saturated heterocycles. The lowest BCUT2D eigenvalue weighted by Crippen LogP contribution is -2.14. The predicted molar refractivity (Wildman–Crippen MR) is 55.1 cm³/mol. The van der Waals surface area contributed by atoms with Crippen molar-refractivity contribution in [3.05, 3.63) is 6.20 Å². The highest BCUT2D eigenvalue weighted by Gasteiger charge is 2.17. The van der Waals surface area contributed by atoms with Crippen molar-refractivity contribution in [3.63, 3.8) is 0 Å². The second-order valence-corrected chi connectivity index (χ2v) is 4.00. The van der Waals surface area contributed by atoms with Gasteiger partial charge in [-0.1, -0.05) is 19.3 Å². The second kappa shape index (κ2) is 3.90. The molecule has 1 aliphatic rings.